The van der Waals surface area contributed by atoms with E-state index in [9.17, 15) is 9.18 Å². The number of carbonyl (C=O) groups is 1. The number of likely N-dealkylation sites (tertiary alicyclic amines) is 1. The zero-order valence-electron chi connectivity index (χ0n) is 14.4. The first-order valence-electron chi connectivity index (χ1n) is 8.68. The molecule has 4 atom stereocenters. The molecule has 5 rings (SSSR count). The minimum atomic E-state index is -1.17. The van der Waals surface area contributed by atoms with E-state index < -0.39 is 11.9 Å². The highest BCUT2D eigenvalue weighted by atomic mass is 35.5. The Morgan fingerprint density at radius 1 is 1.30 bits per heavy atom. The van der Waals surface area contributed by atoms with E-state index in [-0.39, 0.29) is 23.6 Å². The van der Waals surface area contributed by atoms with Crippen molar-refractivity contribution in [3.63, 3.8) is 0 Å². The molecular formula is C19H16ClFN2O4. The van der Waals surface area contributed by atoms with E-state index in [2.05, 4.69) is 4.98 Å². The molecule has 2 fully saturated rings. The molecule has 2 aromatic rings. The molecule has 0 bridgehead atoms. The fraction of sp³-hybridized carbons (Fsp3) is 0.368. The van der Waals surface area contributed by atoms with Crippen molar-refractivity contribution in [1.82, 2.24) is 9.88 Å². The Labute approximate surface area is 159 Å². The van der Waals surface area contributed by atoms with E-state index in [1.54, 1.807) is 25.1 Å². The molecule has 1 amide bonds. The third-order valence-corrected chi connectivity index (χ3v) is 5.92. The zero-order valence-corrected chi connectivity index (χ0v) is 15.1. The summed E-state index contributed by atoms with van der Waals surface area (Å²) in [6.45, 7) is 2.57. The van der Waals surface area contributed by atoms with Crippen LogP contribution in [0.15, 0.2) is 30.5 Å². The van der Waals surface area contributed by atoms with E-state index in [0.29, 0.717) is 40.9 Å². The van der Waals surface area contributed by atoms with Gasteiger partial charge in [-0.15, -0.1) is 0 Å². The van der Waals surface area contributed by atoms with E-state index in [0.717, 1.165) is 0 Å². The molecule has 0 spiro atoms. The van der Waals surface area contributed by atoms with Crippen LogP contribution in [0.5, 0.6) is 11.5 Å². The largest absolute Gasteiger partial charge is 0.465 e. The molecule has 3 heterocycles. The Kier molecular flexibility index (Phi) is 3.37. The van der Waals surface area contributed by atoms with Crippen LogP contribution in [0.1, 0.15) is 24.1 Å². The van der Waals surface area contributed by atoms with Gasteiger partial charge in [-0.25, -0.2) is 9.18 Å². The molecule has 8 heteroatoms. The third kappa shape index (κ3) is 2.45. The summed E-state index contributed by atoms with van der Waals surface area (Å²) in [4.78, 5) is 16.8. The van der Waals surface area contributed by atoms with Crippen LogP contribution >= 0.6 is 11.6 Å². The van der Waals surface area contributed by atoms with Crippen molar-refractivity contribution < 1.29 is 23.8 Å². The monoisotopic (exact) mass is 390 g/mol. The molecule has 2 aliphatic heterocycles. The fourth-order valence-electron chi connectivity index (χ4n) is 4.34. The average Bonchev–Trinajstić information content (AvgIpc) is 2.97. The van der Waals surface area contributed by atoms with E-state index in [1.807, 2.05) is 0 Å². The molecule has 0 radical (unpaired) electrons. The first-order chi connectivity index (χ1) is 12.9. The Hall–Kier alpha value is -2.54. The van der Waals surface area contributed by atoms with Crippen molar-refractivity contribution in [2.24, 2.45) is 11.8 Å². The van der Waals surface area contributed by atoms with Crippen LogP contribution in [-0.4, -0.2) is 34.2 Å². The molecule has 3 aliphatic rings. The van der Waals surface area contributed by atoms with Crippen molar-refractivity contribution in [2.45, 2.75) is 18.6 Å². The summed E-state index contributed by atoms with van der Waals surface area (Å²) in [5.41, 5.74) is 1.01. The van der Waals surface area contributed by atoms with Gasteiger partial charge in [0, 0.05) is 37.7 Å². The Morgan fingerprint density at radius 2 is 2.04 bits per heavy atom. The van der Waals surface area contributed by atoms with E-state index >= 15 is 0 Å². The summed E-state index contributed by atoms with van der Waals surface area (Å²) in [6, 6.07) is 6.33. The van der Waals surface area contributed by atoms with Gasteiger partial charge in [0.1, 0.15) is 11.5 Å². The lowest BCUT2D eigenvalue weighted by Gasteiger charge is -2.22. The number of hydrogen-bond donors (Lipinski definition) is 1. The summed E-state index contributed by atoms with van der Waals surface area (Å²) >= 11 is 5.90. The van der Waals surface area contributed by atoms with Crippen LogP contribution in [-0.2, 0) is 5.79 Å². The Morgan fingerprint density at radius 3 is 2.67 bits per heavy atom. The van der Waals surface area contributed by atoms with Crippen molar-refractivity contribution >= 4 is 17.7 Å². The highest BCUT2D eigenvalue weighted by Crippen LogP contribution is 2.63. The second-order valence-electron chi connectivity index (χ2n) is 7.34. The molecule has 1 unspecified atom stereocenters. The average molecular weight is 391 g/mol. The Bertz CT molecular complexity index is 941. The molecule has 27 heavy (non-hydrogen) atoms. The molecule has 1 N–H and O–H groups in total. The van der Waals surface area contributed by atoms with Crippen LogP contribution in [0.3, 0.4) is 0 Å². The third-order valence-electron chi connectivity index (χ3n) is 5.70. The lowest BCUT2D eigenvalue weighted by molar-refractivity contribution is -0.0721. The van der Waals surface area contributed by atoms with Crippen LogP contribution in [0, 0.1) is 17.7 Å². The van der Waals surface area contributed by atoms with Crippen LogP contribution in [0.2, 0.25) is 5.02 Å². The number of rotatable bonds is 2. The second kappa shape index (κ2) is 5.48. The molecule has 140 valence electrons. The first-order valence-corrected chi connectivity index (χ1v) is 9.05. The molecule has 1 saturated heterocycles. The van der Waals surface area contributed by atoms with Crippen molar-refractivity contribution in [3.05, 3.63) is 52.6 Å². The maximum absolute atomic E-state index is 14.7. The molecule has 1 saturated carbocycles. The molecular weight excluding hydrogens is 375 g/mol. The standard InChI is InChI=1S/C19H16ClFN2O4/c1-19(14-5-2-9(20)6-22-14)26-13-4-3-12(21)16(17(13)27-19)15-10-7-23(18(24)25)8-11(10)15/h2-6,10-11,15H,7-8H2,1H3,(H,24,25)/t10-,11+,15-,19?. The maximum Gasteiger partial charge on any atom is 0.407 e. The molecule has 6 nitrogen and oxygen atoms in total. The minimum Gasteiger partial charge on any atom is -0.465 e. The smallest absolute Gasteiger partial charge is 0.407 e. The van der Waals surface area contributed by atoms with Crippen molar-refractivity contribution in [2.75, 3.05) is 13.1 Å². The molecule has 1 aromatic heterocycles. The lowest BCUT2D eigenvalue weighted by Crippen LogP contribution is -2.32. The predicted molar refractivity (Wildman–Crippen MR) is 93.6 cm³/mol. The number of amides is 1. The number of hydrogen-bond acceptors (Lipinski definition) is 4. The number of benzene rings is 1. The quantitative estimate of drug-likeness (QED) is 0.843. The van der Waals surface area contributed by atoms with Gasteiger partial charge in [0.15, 0.2) is 11.5 Å². The molecule has 1 aliphatic carbocycles. The van der Waals surface area contributed by atoms with Gasteiger partial charge in [0.25, 0.3) is 5.79 Å². The summed E-state index contributed by atoms with van der Waals surface area (Å²) in [6.07, 6.45) is 0.575. The van der Waals surface area contributed by atoms with Gasteiger partial charge in [-0.3, -0.25) is 4.98 Å². The number of aromatic nitrogens is 1. The first kappa shape index (κ1) is 16.6. The van der Waals surface area contributed by atoms with Gasteiger partial charge in [0.2, 0.25) is 0 Å². The highest BCUT2D eigenvalue weighted by molar-refractivity contribution is 6.30. The van der Waals surface area contributed by atoms with Crippen LogP contribution < -0.4 is 9.47 Å². The highest BCUT2D eigenvalue weighted by Gasteiger charge is 2.60. The van der Waals surface area contributed by atoms with Crippen molar-refractivity contribution in [3.8, 4) is 11.5 Å². The van der Waals surface area contributed by atoms with E-state index in [4.69, 9.17) is 26.2 Å². The summed E-state index contributed by atoms with van der Waals surface area (Å²) in [5.74, 6) is -0.502. The number of halogens is 2. The Balaban J connectivity index is 1.46. The zero-order chi connectivity index (χ0) is 18.9. The van der Waals surface area contributed by atoms with Gasteiger partial charge in [0.05, 0.1) is 5.02 Å². The van der Waals surface area contributed by atoms with Gasteiger partial charge >= 0.3 is 6.09 Å². The summed E-state index contributed by atoms with van der Waals surface area (Å²) < 4.78 is 26.8. The van der Waals surface area contributed by atoms with E-state index in [1.165, 1.54) is 17.2 Å². The SMILES string of the molecule is CC1(c2ccc(Cl)cn2)Oc2ccc(F)c([C@@H]3[C@@H]4CN(C(=O)O)C[C@@H]43)c2O1. The minimum absolute atomic E-state index is 0.0559. The summed E-state index contributed by atoms with van der Waals surface area (Å²) in [7, 11) is 0. The van der Waals surface area contributed by atoms with Crippen LogP contribution in [0.4, 0.5) is 9.18 Å². The van der Waals surface area contributed by atoms with Gasteiger partial charge in [-0.1, -0.05) is 11.6 Å². The fourth-order valence-corrected chi connectivity index (χ4v) is 4.45. The number of ether oxygens (including phenoxy) is 2. The van der Waals surface area contributed by atoms with Gasteiger partial charge in [-0.05, 0) is 36.1 Å². The maximum atomic E-state index is 14.7. The molecule has 1 aromatic carbocycles. The van der Waals surface area contributed by atoms with Crippen LogP contribution in [0.25, 0.3) is 0 Å². The number of fused-ring (bicyclic) bond motifs is 2. The number of pyridine rings is 1. The van der Waals surface area contributed by atoms with Crippen molar-refractivity contribution in [1.29, 1.82) is 0 Å². The number of carboxylic acid groups (broad SMARTS) is 1. The van der Waals surface area contributed by atoms with Gasteiger partial charge < -0.3 is 19.5 Å². The topological polar surface area (TPSA) is 71.9 Å². The number of nitrogens with zero attached hydrogens (tertiary/aromatic N) is 2. The lowest BCUT2D eigenvalue weighted by atomic mass is 10.0. The van der Waals surface area contributed by atoms with Gasteiger partial charge in [-0.2, -0.15) is 0 Å². The normalized spacial score (nSPS) is 30.3. The second-order valence-corrected chi connectivity index (χ2v) is 7.78. The summed E-state index contributed by atoms with van der Waals surface area (Å²) in [5, 5.41) is 9.62. The number of piperidine rings is 1. The predicted octanol–water partition coefficient (Wildman–Crippen LogP) is 3.84.